The highest BCUT2D eigenvalue weighted by atomic mass is 32.2. The third-order valence-corrected chi connectivity index (χ3v) is 5.48. The van der Waals surface area contributed by atoms with Crippen molar-refractivity contribution in [2.24, 2.45) is 0 Å². The molecule has 0 saturated heterocycles. The SMILES string of the molecule is O=S(=O)(Nc1cccc(/C=C/c2ccccn2)c1)c1ccc2c(c1)OCCO2. The molecule has 2 heterocycles. The molecule has 0 saturated carbocycles. The first-order valence-corrected chi connectivity index (χ1v) is 10.2. The van der Waals surface area contributed by atoms with Crippen molar-refractivity contribution in [2.75, 3.05) is 17.9 Å². The van der Waals surface area contributed by atoms with Gasteiger partial charge in [0, 0.05) is 18.0 Å². The van der Waals surface area contributed by atoms with Crippen LogP contribution in [0.4, 0.5) is 5.69 Å². The zero-order chi connectivity index (χ0) is 19.4. The predicted molar refractivity (Wildman–Crippen MR) is 108 cm³/mol. The summed E-state index contributed by atoms with van der Waals surface area (Å²) >= 11 is 0. The minimum Gasteiger partial charge on any atom is -0.486 e. The van der Waals surface area contributed by atoms with Gasteiger partial charge in [0.15, 0.2) is 11.5 Å². The van der Waals surface area contributed by atoms with Crippen molar-refractivity contribution in [3.05, 3.63) is 78.1 Å². The molecule has 7 heteroatoms. The van der Waals surface area contributed by atoms with Crippen LogP contribution in [0, 0.1) is 0 Å². The molecule has 142 valence electrons. The average Bonchev–Trinajstić information content (AvgIpc) is 2.72. The average molecular weight is 394 g/mol. The van der Waals surface area contributed by atoms with Crippen molar-refractivity contribution >= 4 is 27.9 Å². The zero-order valence-corrected chi connectivity index (χ0v) is 15.7. The van der Waals surface area contributed by atoms with Crippen LogP contribution >= 0.6 is 0 Å². The second-order valence-electron chi connectivity index (χ2n) is 6.12. The second-order valence-corrected chi connectivity index (χ2v) is 7.81. The standard InChI is InChI=1S/C21H18N2O4S/c24-28(25,19-9-10-20-21(15-19)27-13-12-26-20)23-18-6-3-4-16(14-18)7-8-17-5-1-2-11-22-17/h1-11,14-15,23H,12-13H2/b8-7+. The summed E-state index contributed by atoms with van der Waals surface area (Å²) in [4.78, 5) is 4.35. The zero-order valence-electron chi connectivity index (χ0n) is 14.9. The molecule has 0 unspecified atom stereocenters. The maximum atomic E-state index is 12.7. The van der Waals surface area contributed by atoms with Crippen LogP contribution < -0.4 is 14.2 Å². The lowest BCUT2D eigenvalue weighted by molar-refractivity contribution is 0.171. The molecule has 0 fully saturated rings. The van der Waals surface area contributed by atoms with Crippen molar-refractivity contribution in [3.63, 3.8) is 0 Å². The largest absolute Gasteiger partial charge is 0.486 e. The molecule has 0 amide bonds. The molecule has 6 nitrogen and oxygen atoms in total. The maximum Gasteiger partial charge on any atom is 0.262 e. The Kier molecular flexibility index (Phi) is 4.99. The number of benzene rings is 2. The molecule has 1 N–H and O–H groups in total. The highest BCUT2D eigenvalue weighted by Gasteiger charge is 2.19. The fourth-order valence-electron chi connectivity index (χ4n) is 2.77. The molecule has 0 spiro atoms. The lowest BCUT2D eigenvalue weighted by Crippen LogP contribution is -2.17. The Morgan fingerprint density at radius 2 is 1.75 bits per heavy atom. The van der Waals surface area contributed by atoms with E-state index in [1.165, 1.54) is 12.1 Å². The van der Waals surface area contributed by atoms with Crippen LogP contribution in [0.25, 0.3) is 12.2 Å². The molecule has 1 aromatic heterocycles. The van der Waals surface area contributed by atoms with Gasteiger partial charge < -0.3 is 9.47 Å². The summed E-state index contributed by atoms with van der Waals surface area (Å²) in [5.74, 6) is 0.980. The van der Waals surface area contributed by atoms with Gasteiger partial charge in [-0.05, 0) is 48.0 Å². The summed E-state index contributed by atoms with van der Waals surface area (Å²) in [5.41, 5.74) is 2.15. The molecule has 28 heavy (non-hydrogen) atoms. The molecular weight excluding hydrogens is 376 g/mol. The van der Waals surface area contributed by atoms with Crippen molar-refractivity contribution in [3.8, 4) is 11.5 Å². The number of nitrogens with one attached hydrogen (secondary N) is 1. The van der Waals surface area contributed by atoms with E-state index in [9.17, 15) is 8.42 Å². The monoisotopic (exact) mass is 394 g/mol. The minimum absolute atomic E-state index is 0.117. The summed E-state index contributed by atoms with van der Waals surface area (Å²) < 4.78 is 39.0. The smallest absolute Gasteiger partial charge is 0.262 e. The molecule has 2 aromatic carbocycles. The number of sulfonamides is 1. The van der Waals surface area contributed by atoms with Gasteiger partial charge in [0.2, 0.25) is 0 Å². The Hall–Kier alpha value is -3.32. The van der Waals surface area contributed by atoms with Gasteiger partial charge >= 0.3 is 0 Å². The number of ether oxygens (including phenoxy) is 2. The molecule has 0 aliphatic carbocycles. The lowest BCUT2D eigenvalue weighted by Gasteiger charge is -2.19. The minimum atomic E-state index is -3.75. The fourth-order valence-corrected chi connectivity index (χ4v) is 3.83. The van der Waals surface area contributed by atoms with E-state index in [0.717, 1.165) is 11.3 Å². The molecular formula is C21H18N2O4S. The highest BCUT2D eigenvalue weighted by Crippen LogP contribution is 2.32. The van der Waals surface area contributed by atoms with E-state index < -0.39 is 10.0 Å². The van der Waals surface area contributed by atoms with Crippen molar-refractivity contribution in [2.45, 2.75) is 4.90 Å². The number of rotatable bonds is 5. The number of pyridine rings is 1. The molecule has 0 atom stereocenters. The van der Waals surface area contributed by atoms with Crippen LogP contribution in [0.2, 0.25) is 0 Å². The summed E-state index contributed by atoms with van der Waals surface area (Å²) in [6.07, 6.45) is 5.47. The molecule has 0 radical (unpaired) electrons. The topological polar surface area (TPSA) is 77.5 Å². The normalized spacial score (nSPS) is 13.4. The summed E-state index contributed by atoms with van der Waals surface area (Å²) in [5, 5.41) is 0. The first-order chi connectivity index (χ1) is 13.6. The molecule has 1 aliphatic rings. The van der Waals surface area contributed by atoms with Gasteiger partial charge in [-0.1, -0.05) is 24.3 Å². The van der Waals surface area contributed by atoms with Gasteiger partial charge in [-0.15, -0.1) is 0 Å². The molecule has 1 aliphatic heterocycles. The van der Waals surface area contributed by atoms with E-state index >= 15 is 0 Å². The lowest BCUT2D eigenvalue weighted by atomic mass is 10.2. The number of aromatic nitrogens is 1. The Labute approximate surface area is 163 Å². The van der Waals surface area contributed by atoms with E-state index in [2.05, 4.69) is 9.71 Å². The Bertz CT molecular complexity index is 1110. The Morgan fingerprint density at radius 3 is 2.57 bits per heavy atom. The van der Waals surface area contributed by atoms with Gasteiger partial charge in [0.25, 0.3) is 10.0 Å². The number of hydrogen-bond donors (Lipinski definition) is 1. The van der Waals surface area contributed by atoms with E-state index in [0.29, 0.717) is 30.4 Å². The van der Waals surface area contributed by atoms with Gasteiger partial charge in [0.05, 0.1) is 10.6 Å². The van der Waals surface area contributed by atoms with Gasteiger partial charge in [-0.25, -0.2) is 8.42 Å². The highest BCUT2D eigenvalue weighted by molar-refractivity contribution is 7.92. The van der Waals surface area contributed by atoms with E-state index in [-0.39, 0.29) is 4.90 Å². The maximum absolute atomic E-state index is 12.7. The van der Waals surface area contributed by atoms with Gasteiger partial charge in [-0.2, -0.15) is 0 Å². The fraction of sp³-hybridized carbons (Fsp3) is 0.0952. The van der Waals surface area contributed by atoms with E-state index in [1.807, 2.05) is 36.4 Å². The van der Waals surface area contributed by atoms with Crippen LogP contribution in [0.5, 0.6) is 11.5 Å². The van der Waals surface area contributed by atoms with Crippen LogP contribution in [-0.2, 0) is 10.0 Å². The molecule has 3 aromatic rings. The van der Waals surface area contributed by atoms with Crippen LogP contribution in [0.15, 0.2) is 71.8 Å². The third-order valence-electron chi connectivity index (χ3n) is 4.10. The van der Waals surface area contributed by atoms with Crippen LogP contribution in [0.3, 0.4) is 0 Å². The number of fused-ring (bicyclic) bond motifs is 1. The molecule has 0 bridgehead atoms. The van der Waals surface area contributed by atoms with E-state index in [4.69, 9.17) is 9.47 Å². The van der Waals surface area contributed by atoms with E-state index in [1.54, 1.807) is 30.5 Å². The third kappa shape index (κ3) is 4.15. The van der Waals surface area contributed by atoms with Crippen LogP contribution in [-0.4, -0.2) is 26.6 Å². The van der Waals surface area contributed by atoms with Crippen molar-refractivity contribution in [1.29, 1.82) is 0 Å². The number of nitrogens with zero attached hydrogens (tertiary/aromatic N) is 1. The summed E-state index contributed by atoms with van der Waals surface area (Å²) in [7, 11) is -3.75. The predicted octanol–water partition coefficient (Wildman–Crippen LogP) is 3.82. The van der Waals surface area contributed by atoms with Crippen molar-refractivity contribution in [1.82, 2.24) is 4.98 Å². The van der Waals surface area contributed by atoms with Gasteiger partial charge in [-0.3, -0.25) is 9.71 Å². The van der Waals surface area contributed by atoms with Gasteiger partial charge in [0.1, 0.15) is 13.2 Å². The Balaban J connectivity index is 1.54. The first kappa shape index (κ1) is 18.1. The second kappa shape index (κ2) is 7.74. The summed E-state index contributed by atoms with van der Waals surface area (Å²) in [6.45, 7) is 0.852. The quantitative estimate of drug-likeness (QED) is 0.712. The molecule has 4 rings (SSSR count). The summed E-state index contributed by atoms with van der Waals surface area (Å²) in [6, 6.07) is 17.4. The van der Waals surface area contributed by atoms with Crippen LogP contribution in [0.1, 0.15) is 11.3 Å². The number of hydrogen-bond acceptors (Lipinski definition) is 5. The first-order valence-electron chi connectivity index (χ1n) is 8.72. The van der Waals surface area contributed by atoms with Crippen molar-refractivity contribution < 1.29 is 17.9 Å². The number of anilines is 1. The Morgan fingerprint density at radius 1 is 0.893 bits per heavy atom.